The molecule has 0 saturated heterocycles. The van der Waals surface area contributed by atoms with Gasteiger partial charge in [-0.3, -0.25) is 4.55 Å². The fourth-order valence-electron chi connectivity index (χ4n) is 1.23. The molecule has 0 bridgehead atoms. The van der Waals surface area contributed by atoms with Gasteiger partial charge in [0.1, 0.15) is 16.4 Å². The second-order valence-corrected chi connectivity index (χ2v) is 4.24. The van der Waals surface area contributed by atoms with Crippen LogP contribution in [0, 0.1) is 0 Å². The lowest BCUT2D eigenvalue weighted by Crippen LogP contribution is -2.03. The number of phenolic OH excluding ortho intramolecular Hbond substituents is 2. The zero-order valence-corrected chi connectivity index (χ0v) is 8.53. The maximum atomic E-state index is 11.0. The third-order valence-electron chi connectivity index (χ3n) is 1.82. The smallest absolute Gasteiger partial charge is 0.298 e. The first-order valence-corrected chi connectivity index (χ1v) is 5.44. The van der Waals surface area contributed by atoms with Crippen LogP contribution in [-0.2, 0) is 16.5 Å². The van der Waals surface area contributed by atoms with Crippen molar-refractivity contribution in [3.63, 3.8) is 0 Å². The van der Waals surface area contributed by atoms with E-state index in [1.807, 2.05) is 0 Å². The van der Waals surface area contributed by atoms with Crippen LogP contribution in [0.2, 0.25) is 0 Å². The van der Waals surface area contributed by atoms with E-state index in [0.717, 1.165) is 12.1 Å². The van der Waals surface area contributed by atoms with E-state index < -0.39 is 20.8 Å². The Morgan fingerprint density at radius 3 is 2.27 bits per heavy atom. The minimum Gasteiger partial charge on any atom is -0.508 e. The van der Waals surface area contributed by atoms with Gasteiger partial charge < -0.3 is 10.2 Å². The van der Waals surface area contributed by atoms with Crippen LogP contribution in [0.4, 0.5) is 0 Å². The van der Waals surface area contributed by atoms with Gasteiger partial charge >= 0.3 is 0 Å². The number of hydrogen-bond acceptors (Lipinski definition) is 4. The average Bonchev–Trinajstić information content (AvgIpc) is 2.09. The van der Waals surface area contributed by atoms with E-state index in [9.17, 15) is 18.6 Å². The Morgan fingerprint density at radius 2 is 1.80 bits per heavy atom. The van der Waals surface area contributed by atoms with Gasteiger partial charge in [0.15, 0.2) is 0 Å². The summed E-state index contributed by atoms with van der Waals surface area (Å²) in [5.41, 5.74) is -0.0764. The van der Waals surface area contributed by atoms with Crippen molar-refractivity contribution in [2.75, 3.05) is 0 Å². The number of aromatic hydroxyl groups is 2. The Labute approximate surface area is 87.1 Å². The highest BCUT2D eigenvalue weighted by Crippen LogP contribution is 2.33. The molecule has 0 aliphatic carbocycles. The van der Waals surface area contributed by atoms with Gasteiger partial charge in [-0.15, -0.1) is 6.58 Å². The van der Waals surface area contributed by atoms with Crippen molar-refractivity contribution in [1.29, 1.82) is 0 Å². The maximum absolute atomic E-state index is 11.0. The molecule has 0 aliphatic rings. The van der Waals surface area contributed by atoms with Crippen molar-refractivity contribution in [3.8, 4) is 11.5 Å². The van der Waals surface area contributed by atoms with Crippen LogP contribution in [0.25, 0.3) is 0 Å². The van der Waals surface area contributed by atoms with E-state index in [-0.39, 0.29) is 17.7 Å². The molecule has 82 valence electrons. The standard InChI is InChI=1S/C9H10O5S/c1-2-3-6-7(10)4-5-8(11)9(6)15(12,13)14/h2,4-5,10-11H,1,3H2,(H,12,13,14). The van der Waals surface area contributed by atoms with Gasteiger partial charge in [-0.1, -0.05) is 6.08 Å². The van der Waals surface area contributed by atoms with Crippen LogP contribution in [0.3, 0.4) is 0 Å². The number of benzene rings is 1. The van der Waals surface area contributed by atoms with E-state index in [0.29, 0.717) is 0 Å². The number of hydrogen-bond donors (Lipinski definition) is 3. The number of rotatable bonds is 3. The normalized spacial score (nSPS) is 11.3. The first-order valence-electron chi connectivity index (χ1n) is 4.00. The topological polar surface area (TPSA) is 94.8 Å². The van der Waals surface area contributed by atoms with Crippen LogP contribution in [0.1, 0.15) is 5.56 Å². The SMILES string of the molecule is C=CCc1c(O)ccc(O)c1S(=O)(=O)O. The molecule has 0 spiro atoms. The fraction of sp³-hybridized carbons (Fsp3) is 0.111. The first kappa shape index (κ1) is 11.5. The predicted molar refractivity (Wildman–Crippen MR) is 53.5 cm³/mol. The fourth-order valence-corrected chi connectivity index (χ4v) is 2.07. The van der Waals surface area contributed by atoms with Gasteiger partial charge in [-0.2, -0.15) is 8.42 Å². The maximum Gasteiger partial charge on any atom is 0.298 e. The summed E-state index contributed by atoms with van der Waals surface area (Å²) in [6, 6.07) is 2.13. The van der Waals surface area contributed by atoms with E-state index in [2.05, 4.69) is 6.58 Å². The van der Waals surface area contributed by atoms with Gasteiger partial charge in [0.25, 0.3) is 10.1 Å². The predicted octanol–water partition coefficient (Wildman–Crippen LogP) is 1.07. The first-order chi connectivity index (χ1) is 6.88. The summed E-state index contributed by atoms with van der Waals surface area (Å²) in [6.07, 6.45) is 1.37. The molecule has 1 aromatic carbocycles. The van der Waals surface area contributed by atoms with E-state index in [1.54, 1.807) is 0 Å². The minimum atomic E-state index is -4.57. The third-order valence-corrected chi connectivity index (χ3v) is 2.79. The molecule has 3 N–H and O–H groups in total. The van der Waals surface area contributed by atoms with Crippen molar-refractivity contribution in [1.82, 2.24) is 0 Å². The molecule has 6 heteroatoms. The van der Waals surface area contributed by atoms with E-state index in [1.165, 1.54) is 6.08 Å². The molecule has 0 fully saturated rings. The zero-order valence-electron chi connectivity index (χ0n) is 7.71. The number of phenols is 2. The molecule has 1 aromatic rings. The molecule has 0 aromatic heterocycles. The molecule has 0 heterocycles. The summed E-state index contributed by atoms with van der Waals surface area (Å²) in [5, 5.41) is 18.7. The molecular weight excluding hydrogens is 220 g/mol. The molecule has 0 aliphatic heterocycles. The lowest BCUT2D eigenvalue weighted by atomic mass is 10.1. The summed E-state index contributed by atoms with van der Waals surface area (Å²) < 4.78 is 30.8. The monoisotopic (exact) mass is 230 g/mol. The van der Waals surface area contributed by atoms with E-state index in [4.69, 9.17) is 4.55 Å². The molecule has 0 radical (unpaired) electrons. The quantitative estimate of drug-likeness (QED) is 0.410. The zero-order chi connectivity index (χ0) is 11.6. The lowest BCUT2D eigenvalue weighted by Gasteiger charge is -2.08. The van der Waals surface area contributed by atoms with Gasteiger partial charge in [0, 0.05) is 5.56 Å². The Balaban J connectivity index is 3.59. The summed E-state index contributed by atoms with van der Waals surface area (Å²) >= 11 is 0. The molecular formula is C9H10O5S. The van der Waals surface area contributed by atoms with Crippen molar-refractivity contribution < 1.29 is 23.2 Å². The summed E-state index contributed by atoms with van der Waals surface area (Å²) in [4.78, 5) is -0.678. The Morgan fingerprint density at radius 1 is 1.27 bits per heavy atom. The average molecular weight is 230 g/mol. The molecule has 5 nitrogen and oxygen atoms in total. The van der Waals surface area contributed by atoms with Crippen LogP contribution in [0.15, 0.2) is 29.7 Å². The summed E-state index contributed by atoms with van der Waals surface area (Å²) in [6.45, 7) is 3.38. The Bertz CT molecular complexity index is 489. The molecule has 15 heavy (non-hydrogen) atoms. The van der Waals surface area contributed by atoms with Gasteiger partial charge in [-0.05, 0) is 18.6 Å². The molecule has 0 amide bonds. The van der Waals surface area contributed by atoms with E-state index >= 15 is 0 Å². The minimum absolute atomic E-state index is 0.0232. The summed E-state index contributed by atoms with van der Waals surface area (Å²) in [7, 11) is -4.57. The largest absolute Gasteiger partial charge is 0.508 e. The summed E-state index contributed by atoms with van der Waals surface area (Å²) in [5.74, 6) is -0.924. The van der Waals surface area contributed by atoms with Crippen molar-refractivity contribution in [2.24, 2.45) is 0 Å². The van der Waals surface area contributed by atoms with Crippen LogP contribution < -0.4 is 0 Å². The molecule has 0 unspecified atom stereocenters. The molecule has 0 atom stereocenters. The van der Waals surface area contributed by atoms with Crippen LogP contribution >= 0.6 is 0 Å². The second kappa shape index (κ2) is 3.92. The van der Waals surface area contributed by atoms with Crippen molar-refractivity contribution in [3.05, 3.63) is 30.4 Å². The van der Waals surface area contributed by atoms with Crippen molar-refractivity contribution >= 4 is 10.1 Å². The second-order valence-electron chi connectivity index (χ2n) is 2.88. The lowest BCUT2D eigenvalue weighted by molar-refractivity contribution is 0.428. The van der Waals surface area contributed by atoms with Crippen LogP contribution in [-0.4, -0.2) is 23.2 Å². The number of allylic oxidation sites excluding steroid dienone is 1. The highest BCUT2D eigenvalue weighted by Gasteiger charge is 2.22. The molecule has 0 saturated carbocycles. The van der Waals surface area contributed by atoms with Crippen molar-refractivity contribution in [2.45, 2.75) is 11.3 Å². The third kappa shape index (κ3) is 2.28. The van der Waals surface area contributed by atoms with Gasteiger partial charge in [-0.25, -0.2) is 0 Å². The highest BCUT2D eigenvalue weighted by atomic mass is 32.2. The molecule has 1 rings (SSSR count). The highest BCUT2D eigenvalue weighted by molar-refractivity contribution is 7.86. The Hall–Kier alpha value is -1.53. The van der Waals surface area contributed by atoms with Crippen LogP contribution in [0.5, 0.6) is 11.5 Å². The Kier molecular flexibility index (Phi) is 3.01. The van der Waals surface area contributed by atoms with Gasteiger partial charge in [0.05, 0.1) is 0 Å². The van der Waals surface area contributed by atoms with Gasteiger partial charge in [0.2, 0.25) is 0 Å².